The Kier molecular flexibility index (Phi) is 4.62. The fourth-order valence-corrected chi connectivity index (χ4v) is 1.61. The number of hydrogen-bond donors (Lipinski definition) is 2. The average Bonchev–Trinajstić information content (AvgIpc) is 2.45. The van der Waals surface area contributed by atoms with Crippen molar-refractivity contribution >= 4 is 18.3 Å². The van der Waals surface area contributed by atoms with Crippen LogP contribution < -0.4 is 10.6 Å². The monoisotopic (exact) mass is 274 g/mol. The maximum Gasteiger partial charge on any atom is 0.416 e. The molecular weight excluding hydrogens is 258 g/mol. The second-order valence-corrected chi connectivity index (χ2v) is 4.37. The van der Waals surface area contributed by atoms with Gasteiger partial charge in [0.15, 0.2) is 0 Å². The number of hydrogen-bond acceptors (Lipinski definition) is 5. The van der Waals surface area contributed by atoms with Crippen molar-refractivity contribution in [2.45, 2.75) is 19.6 Å². The van der Waals surface area contributed by atoms with Gasteiger partial charge in [-0.15, -0.1) is 0 Å². The highest BCUT2D eigenvalue weighted by atomic mass is 16.7. The molecule has 0 spiro atoms. The van der Waals surface area contributed by atoms with E-state index in [1.54, 1.807) is 19.9 Å². The van der Waals surface area contributed by atoms with Crippen LogP contribution in [0.15, 0.2) is 18.7 Å². The van der Waals surface area contributed by atoms with E-state index in [9.17, 15) is 4.79 Å². The summed E-state index contributed by atoms with van der Waals surface area (Å²) in [5, 5.41) is 7.44. The number of nitrogens with zero attached hydrogens (tertiary/aromatic N) is 1. The molecule has 6 nitrogen and oxygen atoms in total. The van der Waals surface area contributed by atoms with Gasteiger partial charge in [-0.25, -0.2) is 4.79 Å². The van der Waals surface area contributed by atoms with Crippen LogP contribution in [0.25, 0.3) is 10.9 Å². The molecule has 0 aromatic heterocycles. The van der Waals surface area contributed by atoms with Crippen LogP contribution in [0.5, 0.6) is 5.75 Å². The van der Waals surface area contributed by atoms with Gasteiger partial charge in [0, 0.05) is 17.3 Å². The van der Waals surface area contributed by atoms with Crippen molar-refractivity contribution in [3.05, 3.63) is 40.2 Å². The number of rotatable bonds is 5. The second-order valence-electron chi connectivity index (χ2n) is 4.37. The molecule has 0 aliphatic heterocycles. The lowest BCUT2D eigenvalue weighted by molar-refractivity contribution is 0.0503. The van der Waals surface area contributed by atoms with Gasteiger partial charge in [0.05, 0.1) is 19.4 Å². The van der Waals surface area contributed by atoms with Crippen molar-refractivity contribution in [3.8, 4) is 12.3 Å². The third-order valence-electron chi connectivity index (χ3n) is 2.59. The highest BCUT2D eigenvalue weighted by molar-refractivity contribution is 6.01. The Labute approximate surface area is 117 Å². The van der Waals surface area contributed by atoms with E-state index < -0.39 is 11.7 Å². The Bertz CT molecular complexity index is 600. The van der Waals surface area contributed by atoms with Crippen LogP contribution in [-0.2, 0) is 4.84 Å². The van der Waals surface area contributed by atoms with Crippen molar-refractivity contribution < 1.29 is 14.4 Å². The molecule has 0 unspecified atom stereocenters. The molecule has 0 amide bonds. The van der Waals surface area contributed by atoms with E-state index in [0.29, 0.717) is 16.9 Å². The number of carbonyl (C=O) groups is 1. The number of nitrogens with two attached hydrogens (primary N) is 1. The Hall–Kier alpha value is -2.65. The quantitative estimate of drug-likeness (QED) is 0.637. The zero-order chi connectivity index (χ0) is 15.3. The number of carbonyl (C=O) groups excluding carboxylic acids is 1. The Balaban J connectivity index is 3.44. The van der Waals surface area contributed by atoms with Gasteiger partial charge in [-0.2, -0.15) is 5.90 Å². The first-order chi connectivity index (χ1) is 9.40. The van der Waals surface area contributed by atoms with Gasteiger partial charge in [0.1, 0.15) is 5.75 Å². The average molecular weight is 274 g/mol. The fraction of sp³-hybridized carbons (Fsp3) is 0.214. The summed E-state index contributed by atoms with van der Waals surface area (Å²) in [5.41, 5.74) is -0.0555. The third-order valence-corrected chi connectivity index (χ3v) is 2.59. The minimum absolute atomic E-state index is 0.146. The minimum Gasteiger partial charge on any atom is -0.419 e. The molecule has 0 aliphatic carbocycles. The highest BCUT2D eigenvalue weighted by Crippen LogP contribution is 2.29. The molecule has 20 heavy (non-hydrogen) atoms. The first-order valence-corrected chi connectivity index (χ1v) is 5.72. The van der Waals surface area contributed by atoms with Crippen molar-refractivity contribution in [2.24, 2.45) is 5.90 Å². The maximum atomic E-state index is 11.5. The number of nitrogens with one attached hydrogen (secondary N) is 1. The van der Waals surface area contributed by atoms with E-state index in [4.69, 9.17) is 22.6 Å². The minimum atomic E-state index is -0.951. The molecule has 0 atom stereocenters. The first kappa shape index (κ1) is 15.4. The lowest BCUT2D eigenvalue weighted by atomic mass is 10.0. The van der Waals surface area contributed by atoms with E-state index in [0.717, 1.165) is 6.21 Å². The summed E-state index contributed by atoms with van der Waals surface area (Å²) >= 11 is 0. The largest absolute Gasteiger partial charge is 0.419 e. The molecule has 0 saturated heterocycles. The van der Waals surface area contributed by atoms with E-state index in [-0.39, 0.29) is 5.56 Å². The Morgan fingerprint density at radius 2 is 2.15 bits per heavy atom. The molecule has 3 N–H and O–H groups in total. The van der Waals surface area contributed by atoms with Gasteiger partial charge in [-0.05, 0) is 17.0 Å². The van der Waals surface area contributed by atoms with Crippen molar-refractivity contribution in [3.63, 3.8) is 0 Å². The Morgan fingerprint density at radius 3 is 2.60 bits per heavy atom. The SMILES string of the molecule is C#[N+]C(C)(C)Oc1ccc(C(=O)ON)c(C=N)c1C=C. The van der Waals surface area contributed by atoms with E-state index in [2.05, 4.69) is 16.3 Å². The van der Waals surface area contributed by atoms with Crippen LogP contribution >= 0.6 is 0 Å². The lowest BCUT2D eigenvalue weighted by Gasteiger charge is -2.16. The summed E-state index contributed by atoms with van der Waals surface area (Å²) < 4.78 is 5.63. The normalized spacial score (nSPS) is 10.3. The molecule has 6 heteroatoms. The third kappa shape index (κ3) is 3.02. The number of ether oxygens (including phenoxy) is 1. The summed E-state index contributed by atoms with van der Waals surface area (Å²) in [6.45, 7) is 12.3. The molecule has 0 fully saturated rings. The molecule has 0 radical (unpaired) electrons. The summed E-state index contributed by atoms with van der Waals surface area (Å²) in [4.78, 5) is 19.3. The molecule has 104 valence electrons. The van der Waals surface area contributed by atoms with Gasteiger partial charge < -0.3 is 15.0 Å². The van der Waals surface area contributed by atoms with Gasteiger partial charge in [0.25, 0.3) is 6.57 Å². The molecule has 0 aliphatic rings. The Morgan fingerprint density at radius 1 is 1.50 bits per heavy atom. The van der Waals surface area contributed by atoms with E-state index >= 15 is 0 Å². The molecule has 1 aromatic carbocycles. The van der Waals surface area contributed by atoms with Crippen molar-refractivity contribution in [1.82, 2.24) is 0 Å². The van der Waals surface area contributed by atoms with Gasteiger partial charge in [0.2, 0.25) is 0 Å². The van der Waals surface area contributed by atoms with Gasteiger partial charge >= 0.3 is 11.7 Å². The van der Waals surface area contributed by atoms with Gasteiger partial charge in [-0.1, -0.05) is 12.7 Å². The van der Waals surface area contributed by atoms with Crippen LogP contribution in [0.3, 0.4) is 0 Å². The van der Waals surface area contributed by atoms with Crippen LogP contribution in [0.4, 0.5) is 0 Å². The van der Waals surface area contributed by atoms with E-state index in [1.807, 2.05) is 0 Å². The first-order valence-electron chi connectivity index (χ1n) is 5.72. The van der Waals surface area contributed by atoms with E-state index in [1.165, 1.54) is 12.1 Å². The predicted molar refractivity (Wildman–Crippen MR) is 77.0 cm³/mol. The molecule has 0 heterocycles. The van der Waals surface area contributed by atoms with Crippen LogP contribution in [0.1, 0.15) is 35.3 Å². The molecule has 1 aromatic rings. The van der Waals surface area contributed by atoms with Gasteiger partial charge in [-0.3, -0.25) is 0 Å². The lowest BCUT2D eigenvalue weighted by Crippen LogP contribution is -2.24. The summed E-state index contributed by atoms with van der Waals surface area (Å²) in [5.74, 6) is 4.51. The van der Waals surface area contributed by atoms with Crippen molar-refractivity contribution in [1.29, 1.82) is 5.41 Å². The zero-order valence-corrected chi connectivity index (χ0v) is 11.3. The predicted octanol–water partition coefficient (Wildman–Crippen LogP) is 2.44. The van der Waals surface area contributed by atoms with Crippen LogP contribution in [0.2, 0.25) is 0 Å². The van der Waals surface area contributed by atoms with Crippen molar-refractivity contribution in [2.75, 3.05) is 0 Å². The molecule has 0 bridgehead atoms. The smallest absolute Gasteiger partial charge is 0.416 e. The topological polar surface area (TPSA) is 89.8 Å². The summed E-state index contributed by atoms with van der Waals surface area (Å²) in [6.07, 6.45) is 2.47. The standard InChI is InChI=1S/C14H16N3O3/c1-5-9-11(8-15)10(13(18)20-16)6-7-12(9)19-14(2,3)17-4/h4-8,15H,1,16H2,2-3H3/q+1. The second kappa shape index (κ2) is 5.99. The van der Waals surface area contributed by atoms with Crippen LogP contribution in [0, 0.1) is 12.0 Å². The van der Waals surface area contributed by atoms with Crippen LogP contribution in [-0.4, -0.2) is 17.9 Å². The fourth-order valence-electron chi connectivity index (χ4n) is 1.61. The molecular formula is C14H16N3O3+. The molecule has 0 saturated carbocycles. The molecule has 1 rings (SSSR count). The number of benzene rings is 1. The summed E-state index contributed by atoms with van der Waals surface area (Å²) in [6, 6.07) is 2.99. The maximum absolute atomic E-state index is 11.5. The summed E-state index contributed by atoms with van der Waals surface area (Å²) in [7, 11) is 0. The zero-order valence-electron chi connectivity index (χ0n) is 11.3. The highest BCUT2D eigenvalue weighted by Gasteiger charge is 2.31.